The van der Waals surface area contributed by atoms with E-state index >= 15 is 0 Å². The molecule has 0 unspecified atom stereocenters. The quantitative estimate of drug-likeness (QED) is 0.510. The number of hydrogen-bond donors (Lipinski definition) is 0. The predicted molar refractivity (Wildman–Crippen MR) is 127 cm³/mol. The zero-order valence-corrected chi connectivity index (χ0v) is 19.6. The summed E-state index contributed by atoms with van der Waals surface area (Å²) in [7, 11) is 7.02. The Kier molecular flexibility index (Phi) is 7.90. The molecule has 0 bridgehead atoms. The zero-order chi connectivity index (χ0) is 23.3. The van der Waals surface area contributed by atoms with Gasteiger partial charge in [-0.25, -0.2) is 4.90 Å². The summed E-state index contributed by atoms with van der Waals surface area (Å²) in [5, 5.41) is 0.554. The molecule has 0 aromatic heterocycles. The second-order valence-electron chi connectivity index (χ2n) is 7.56. The molecule has 0 fully saturated rings. The van der Waals surface area contributed by atoms with Crippen molar-refractivity contribution in [3.05, 3.63) is 64.8 Å². The molecule has 0 saturated carbocycles. The van der Waals surface area contributed by atoms with Gasteiger partial charge in [0.15, 0.2) is 0 Å². The molecule has 1 aliphatic rings. The number of methoxy groups -OCH3 is 2. The maximum Gasteiger partial charge on any atom is 0.282 e. The van der Waals surface area contributed by atoms with Crippen molar-refractivity contribution in [1.82, 2.24) is 4.90 Å². The maximum absolute atomic E-state index is 13.7. The lowest BCUT2D eigenvalue weighted by molar-refractivity contribution is -0.120. The van der Waals surface area contributed by atoms with Crippen LogP contribution in [0.2, 0.25) is 5.02 Å². The molecule has 8 heteroatoms. The first kappa shape index (κ1) is 23.8. The molecule has 0 N–H and O–H groups in total. The van der Waals surface area contributed by atoms with Gasteiger partial charge in [-0.1, -0.05) is 29.8 Å². The van der Waals surface area contributed by atoms with E-state index in [0.717, 1.165) is 5.69 Å². The zero-order valence-electron chi connectivity index (χ0n) is 18.8. The minimum atomic E-state index is -0.372. The van der Waals surface area contributed by atoms with Crippen molar-refractivity contribution < 1.29 is 19.1 Å². The van der Waals surface area contributed by atoms with Crippen LogP contribution in [0.1, 0.15) is 5.56 Å². The lowest BCUT2D eigenvalue weighted by atomic mass is 10.0. The summed E-state index contributed by atoms with van der Waals surface area (Å²) in [5.41, 5.74) is 2.72. The second kappa shape index (κ2) is 10.6. The number of carbonyl (C=O) groups is 2. The predicted octanol–water partition coefficient (Wildman–Crippen LogP) is 3.29. The van der Waals surface area contributed by atoms with Crippen LogP contribution < -0.4 is 9.80 Å². The molecule has 0 radical (unpaired) electrons. The molecular weight excluding hydrogens is 430 g/mol. The lowest BCUT2D eigenvalue weighted by Crippen LogP contribution is -2.37. The summed E-state index contributed by atoms with van der Waals surface area (Å²) < 4.78 is 10.5. The van der Waals surface area contributed by atoms with Crippen LogP contribution in [0.3, 0.4) is 0 Å². The smallest absolute Gasteiger partial charge is 0.282 e. The van der Waals surface area contributed by atoms with Gasteiger partial charge in [-0.2, -0.15) is 0 Å². The SMILES string of the molecule is COCCN(CCOC)C1=C(c2ccc(Cl)cc2)C(=O)N(c2cccc(N(C)C)c2)C1=O. The molecule has 0 saturated heterocycles. The number of nitrogens with zero attached hydrogens (tertiary/aromatic N) is 3. The third-order valence-corrected chi connectivity index (χ3v) is 5.50. The number of hydrogen-bond acceptors (Lipinski definition) is 6. The van der Waals surface area contributed by atoms with Gasteiger partial charge in [0.25, 0.3) is 11.8 Å². The molecule has 2 aromatic carbocycles. The number of amides is 2. The molecule has 170 valence electrons. The minimum absolute atomic E-state index is 0.335. The molecule has 3 rings (SSSR count). The van der Waals surface area contributed by atoms with Crippen molar-refractivity contribution in [3.8, 4) is 0 Å². The van der Waals surface area contributed by atoms with Crippen LogP contribution in [-0.2, 0) is 19.1 Å². The van der Waals surface area contributed by atoms with Gasteiger partial charge in [0.1, 0.15) is 5.70 Å². The van der Waals surface area contributed by atoms with Crippen molar-refractivity contribution in [3.63, 3.8) is 0 Å². The molecule has 7 nitrogen and oxygen atoms in total. The maximum atomic E-state index is 13.7. The van der Waals surface area contributed by atoms with Gasteiger partial charge in [0.05, 0.1) is 24.5 Å². The van der Waals surface area contributed by atoms with E-state index in [4.69, 9.17) is 21.1 Å². The Morgan fingerprint density at radius 2 is 1.53 bits per heavy atom. The molecule has 32 heavy (non-hydrogen) atoms. The summed E-state index contributed by atoms with van der Waals surface area (Å²) in [5.74, 6) is -0.744. The van der Waals surface area contributed by atoms with Crippen molar-refractivity contribution in [2.45, 2.75) is 0 Å². The average Bonchev–Trinajstić information content (AvgIpc) is 3.04. The van der Waals surface area contributed by atoms with Gasteiger partial charge in [0, 0.05) is 52.1 Å². The molecule has 2 amide bonds. The van der Waals surface area contributed by atoms with Gasteiger partial charge < -0.3 is 19.3 Å². The van der Waals surface area contributed by atoms with Crippen LogP contribution in [0.5, 0.6) is 0 Å². The van der Waals surface area contributed by atoms with Gasteiger partial charge in [-0.3, -0.25) is 9.59 Å². The largest absolute Gasteiger partial charge is 0.383 e. The van der Waals surface area contributed by atoms with E-state index in [1.54, 1.807) is 44.6 Å². The minimum Gasteiger partial charge on any atom is -0.383 e. The van der Waals surface area contributed by atoms with E-state index in [2.05, 4.69) is 0 Å². The highest BCUT2D eigenvalue weighted by atomic mass is 35.5. The third kappa shape index (κ3) is 4.96. The summed E-state index contributed by atoms with van der Waals surface area (Å²) in [6, 6.07) is 14.3. The Balaban J connectivity index is 2.12. The first-order chi connectivity index (χ1) is 15.4. The summed E-state index contributed by atoms with van der Waals surface area (Å²) in [4.78, 5) is 32.4. The van der Waals surface area contributed by atoms with E-state index in [1.807, 2.05) is 42.1 Å². The van der Waals surface area contributed by atoms with Crippen molar-refractivity contribution >= 4 is 40.4 Å². The van der Waals surface area contributed by atoms with Crippen LogP contribution in [0.15, 0.2) is 54.2 Å². The molecule has 1 aliphatic heterocycles. The van der Waals surface area contributed by atoms with E-state index in [1.165, 1.54) is 4.90 Å². The Morgan fingerprint density at radius 3 is 2.09 bits per heavy atom. The van der Waals surface area contributed by atoms with E-state index in [-0.39, 0.29) is 11.8 Å². The Morgan fingerprint density at radius 1 is 0.906 bits per heavy atom. The Labute approximate surface area is 193 Å². The van der Waals surface area contributed by atoms with Crippen molar-refractivity contribution in [1.29, 1.82) is 0 Å². The van der Waals surface area contributed by atoms with Gasteiger partial charge in [-0.05, 0) is 35.9 Å². The van der Waals surface area contributed by atoms with Crippen LogP contribution in [0.4, 0.5) is 11.4 Å². The Hall–Kier alpha value is -2.87. The molecule has 1 heterocycles. The fourth-order valence-electron chi connectivity index (χ4n) is 3.57. The fraction of sp³-hybridized carbons (Fsp3) is 0.333. The number of benzene rings is 2. The number of imide groups is 1. The van der Waals surface area contributed by atoms with Crippen LogP contribution in [0.25, 0.3) is 5.57 Å². The van der Waals surface area contributed by atoms with Gasteiger partial charge >= 0.3 is 0 Å². The highest BCUT2D eigenvalue weighted by Gasteiger charge is 2.42. The second-order valence-corrected chi connectivity index (χ2v) is 8.00. The van der Waals surface area contributed by atoms with E-state index in [0.29, 0.717) is 53.8 Å². The highest BCUT2D eigenvalue weighted by molar-refractivity contribution is 6.45. The lowest BCUT2D eigenvalue weighted by Gasteiger charge is -2.26. The van der Waals surface area contributed by atoms with Crippen LogP contribution in [-0.4, -0.2) is 71.3 Å². The number of anilines is 2. The van der Waals surface area contributed by atoms with Crippen LogP contribution >= 0.6 is 11.6 Å². The summed E-state index contributed by atoms with van der Waals surface area (Å²) in [6.07, 6.45) is 0. The van der Waals surface area contributed by atoms with E-state index < -0.39 is 0 Å². The summed E-state index contributed by atoms with van der Waals surface area (Å²) in [6.45, 7) is 1.69. The van der Waals surface area contributed by atoms with E-state index in [9.17, 15) is 9.59 Å². The molecule has 2 aromatic rings. The normalized spacial score (nSPS) is 13.8. The molecule has 0 spiro atoms. The third-order valence-electron chi connectivity index (χ3n) is 5.24. The standard InChI is InChI=1S/C24H28ClN3O4/c1-26(2)19-6-5-7-20(16-19)28-23(29)21(17-8-10-18(25)11-9-17)22(24(28)30)27(12-14-31-3)13-15-32-4/h5-11,16H,12-15H2,1-4H3. The molecule has 0 atom stereocenters. The first-order valence-corrected chi connectivity index (χ1v) is 10.7. The topological polar surface area (TPSA) is 62.3 Å². The highest BCUT2D eigenvalue weighted by Crippen LogP contribution is 2.36. The number of carbonyl (C=O) groups excluding carboxylic acids is 2. The molecule has 0 aliphatic carbocycles. The fourth-order valence-corrected chi connectivity index (χ4v) is 3.70. The Bertz CT molecular complexity index is 997. The van der Waals surface area contributed by atoms with Gasteiger partial charge in [-0.15, -0.1) is 0 Å². The van der Waals surface area contributed by atoms with Crippen LogP contribution in [0, 0.1) is 0 Å². The summed E-state index contributed by atoms with van der Waals surface area (Å²) >= 11 is 6.06. The van der Waals surface area contributed by atoms with Crippen molar-refractivity contribution in [2.75, 3.05) is 64.4 Å². The van der Waals surface area contributed by atoms with Crippen molar-refractivity contribution in [2.24, 2.45) is 0 Å². The molecular formula is C24H28ClN3O4. The number of rotatable bonds is 10. The number of halogens is 1. The monoisotopic (exact) mass is 457 g/mol. The number of ether oxygens (including phenoxy) is 2. The van der Waals surface area contributed by atoms with Gasteiger partial charge in [0.2, 0.25) is 0 Å². The first-order valence-electron chi connectivity index (χ1n) is 10.3. The average molecular weight is 458 g/mol.